The Hall–Kier alpha value is -2.76. The summed E-state index contributed by atoms with van der Waals surface area (Å²) in [5.74, 6) is 1.94. The molecule has 1 aliphatic heterocycles. The minimum atomic E-state index is -0.260. The summed E-state index contributed by atoms with van der Waals surface area (Å²) in [4.78, 5) is 15.0. The zero-order chi connectivity index (χ0) is 17.9. The number of ether oxygens (including phenoxy) is 1. The number of aryl methyl sites for hydroxylation is 1. The van der Waals surface area contributed by atoms with Crippen molar-refractivity contribution in [2.24, 2.45) is 5.92 Å². The Kier molecular flexibility index (Phi) is 4.65. The molecule has 0 spiro atoms. The van der Waals surface area contributed by atoms with Gasteiger partial charge in [0.05, 0.1) is 12.1 Å². The number of hydrogen-bond acceptors (Lipinski definition) is 5. The molecule has 0 N–H and O–H groups in total. The number of nitrogens with zero attached hydrogens (tertiary/aromatic N) is 4. The van der Waals surface area contributed by atoms with Gasteiger partial charge in [-0.1, -0.05) is 0 Å². The molecule has 1 aromatic carbocycles. The van der Waals surface area contributed by atoms with Crippen molar-refractivity contribution in [1.29, 1.82) is 0 Å². The number of piperidine rings is 1. The maximum atomic E-state index is 13.6. The number of pyridine rings is 1. The van der Waals surface area contributed by atoms with E-state index in [1.807, 2.05) is 19.1 Å². The van der Waals surface area contributed by atoms with Crippen LogP contribution in [-0.4, -0.2) is 34.6 Å². The van der Waals surface area contributed by atoms with Gasteiger partial charge in [0.2, 0.25) is 0 Å². The second kappa shape index (κ2) is 7.23. The molecule has 0 bridgehead atoms. The maximum Gasteiger partial charge on any atom is 0.139 e. The van der Waals surface area contributed by atoms with E-state index in [1.54, 1.807) is 18.6 Å². The third-order valence-electron chi connectivity index (χ3n) is 4.84. The van der Waals surface area contributed by atoms with Crippen LogP contribution in [0.4, 0.5) is 10.2 Å². The largest absolute Gasteiger partial charge is 0.493 e. The molecule has 3 heterocycles. The fourth-order valence-corrected chi connectivity index (χ4v) is 3.40. The summed E-state index contributed by atoms with van der Waals surface area (Å²) >= 11 is 0. The van der Waals surface area contributed by atoms with Crippen LogP contribution in [0.2, 0.25) is 0 Å². The second-order valence-electron chi connectivity index (χ2n) is 6.73. The Labute approximate surface area is 151 Å². The van der Waals surface area contributed by atoms with Crippen molar-refractivity contribution in [3.05, 3.63) is 54.4 Å². The van der Waals surface area contributed by atoms with Gasteiger partial charge >= 0.3 is 0 Å². The van der Waals surface area contributed by atoms with Gasteiger partial charge in [-0.05, 0) is 49.9 Å². The molecule has 0 saturated carbocycles. The molecule has 0 unspecified atom stereocenters. The number of hydrogen-bond donors (Lipinski definition) is 0. The Morgan fingerprint density at radius 2 is 1.96 bits per heavy atom. The Bertz CT molecular complexity index is 909. The van der Waals surface area contributed by atoms with Gasteiger partial charge in [-0.15, -0.1) is 0 Å². The summed E-state index contributed by atoms with van der Waals surface area (Å²) in [6.07, 6.45) is 5.36. The van der Waals surface area contributed by atoms with E-state index in [1.165, 1.54) is 12.1 Å². The van der Waals surface area contributed by atoms with E-state index in [9.17, 15) is 4.39 Å². The topological polar surface area (TPSA) is 51.1 Å². The monoisotopic (exact) mass is 352 g/mol. The van der Waals surface area contributed by atoms with Crippen molar-refractivity contribution >= 4 is 16.7 Å². The molecule has 1 aliphatic rings. The van der Waals surface area contributed by atoms with Crippen molar-refractivity contribution < 1.29 is 9.13 Å². The van der Waals surface area contributed by atoms with E-state index in [0.29, 0.717) is 12.5 Å². The maximum absolute atomic E-state index is 13.6. The van der Waals surface area contributed by atoms with Crippen LogP contribution >= 0.6 is 0 Å². The van der Waals surface area contributed by atoms with E-state index in [4.69, 9.17) is 4.74 Å². The molecule has 26 heavy (non-hydrogen) atoms. The summed E-state index contributed by atoms with van der Waals surface area (Å²) in [5.41, 5.74) is 1.73. The van der Waals surface area contributed by atoms with Crippen LogP contribution in [0.15, 0.2) is 42.9 Å². The molecule has 0 radical (unpaired) electrons. The minimum absolute atomic E-state index is 0.260. The summed E-state index contributed by atoms with van der Waals surface area (Å²) in [6, 6.07) is 8.50. The normalized spacial score (nSPS) is 15.4. The fourth-order valence-electron chi connectivity index (χ4n) is 3.40. The van der Waals surface area contributed by atoms with Crippen LogP contribution in [-0.2, 0) is 0 Å². The number of anilines is 1. The van der Waals surface area contributed by atoms with Crippen molar-refractivity contribution in [3.8, 4) is 5.75 Å². The number of halogens is 1. The molecule has 6 heteroatoms. The Morgan fingerprint density at radius 3 is 2.77 bits per heavy atom. The summed E-state index contributed by atoms with van der Waals surface area (Å²) in [6.45, 7) is 4.43. The molecule has 0 atom stereocenters. The van der Waals surface area contributed by atoms with Crippen molar-refractivity contribution in [2.45, 2.75) is 19.8 Å². The summed E-state index contributed by atoms with van der Waals surface area (Å²) < 4.78 is 19.6. The van der Waals surface area contributed by atoms with Gasteiger partial charge in [0.25, 0.3) is 0 Å². The molecule has 2 aromatic heterocycles. The predicted molar refractivity (Wildman–Crippen MR) is 98.9 cm³/mol. The minimum Gasteiger partial charge on any atom is -0.493 e. The number of aromatic nitrogens is 3. The first-order valence-corrected chi connectivity index (χ1v) is 8.90. The highest BCUT2D eigenvalue weighted by atomic mass is 19.1. The van der Waals surface area contributed by atoms with Crippen molar-refractivity contribution in [1.82, 2.24) is 15.0 Å². The number of fused-ring (bicyclic) bond motifs is 1. The van der Waals surface area contributed by atoms with Gasteiger partial charge in [0.15, 0.2) is 0 Å². The molecule has 3 aromatic rings. The number of benzene rings is 1. The quantitative estimate of drug-likeness (QED) is 0.715. The first kappa shape index (κ1) is 16.7. The van der Waals surface area contributed by atoms with E-state index in [2.05, 4.69) is 19.9 Å². The van der Waals surface area contributed by atoms with Crippen LogP contribution in [0.25, 0.3) is 10.9 Å². The molecule has 0 aliphatic carbocycles. The summed E-state index contributed by atoms with van der Waals surface area (Å²) in [7, 11) is 0. The molecule has 5 nitrogen and oxygen atoms in total. The molecule has 4 rings (SSSR count). The third kappa shape index (κ3) is 3.59. The van der Waals surface area contributed by atoms with E-state index in [0.717, 1.165) is 54.1 Å². The van der Waals surface area contributed by atoms with Crippen molar-refractivity contribution in [3.63, 3.8) is 0 Å². The van der Waals surface area contributed by atoms with Crippen LogP contribution in [0.3, 0.4) is 0 Å². The highest BCUT2D eigenvalue weighted by Gasteiger charge is 2.22. The first-order valence-electron chi connectivity index (χ1n) is 8.90. The molecule has 134 valence electrons. The predicted octanol–water partition coefficient (Wildman–Crippen LogP) is 3.77. The average molecular weight is 352 g/mol. The SMILES string of the molecule is Cc1cc(OCC2CCN(c3ncnc4ccc(F)cc34)CC2)ccn1. The lowest BCUT2D eigenvalue weighted by molar-refractivity contribution is 0.222. The van der Waals surface area contributed by atoms with Crippen molar-refractivity contribution in [2.75, 3.05) is 24.6 Å². The molecule has 1 fully saturated rings. The highest BCUT2D eigenvalue weighted by Crippen LogP contribution is 2.28. The van der Waals surface area contributed by atoms with E-state index >= 15 is 0 Å². The van der Waals surface area contributed by atoms with Gasteiger partial charge in [-0.25, -0.2) is 14.4 Å². The van der Waals surface area contributed by atoms with Gasteiger partial charge in [-0.3, -0.25) is 4.98 Å². The molecule has 1 saturated heterocycles. The van der Waals surface area contributed by atoms with Gasteiger partial charge in [-0.2, -0.15) is 0 Å². The number of rotatable bonds is 4. The third-order valence-corrected chi connectivity index (χ3v) is 4.84. The van der Waals surface area contributed by atoms with E-state index in [-0.39, 0.29) is 5.82 Å². The van der Waals surface area contributed by atoms with Crippen LogP contribution in [0, 0.1) is 18.7 Å². The lowest BCUT2D eigenvalue weighted by Gasteiger charge is -2.33. The zero-order valence-electron chi connectivity index (χ0n) is 14.7. The zero-order valence-corrected chi connectivity index (χ0v) is 14.7. The van der Waals surface area contributed by atoms with Crippen LogP contribution < -0.4 is 9.64 Å². The second-order valence-corrected chi connectivity index (χ2v) is 6.73. The molecule has 0 amide bonds. The molecular weight excluding hydrogens is 331 g/mol. The molecular formula is C20H21FN4O. The van der Waals surface area contributed by atoms with Gasteiger partial charge < -0.3 is 9.64 Å². The summed E-state index contributed by atoms with van der Waals surface area (Å²) in [5, 5.41) is 0.773. The van der Waals surface area contributed by atoms with E-state index < -0.39 is 0 Å². The average Bonchev–Trinajstić information content (AvgIpc) is 2.66. The lowest BCUT2D eigenvalue weighted by atomic mass is 9.97. The smallest absolute Gasteiger partial charge is 0.139 e. The van der Waals surface area contributed by atoms with Crippen LogP contribution in [0.5, 0.6) is 5.75 Å². The first-order chi connectivity index (χ1) is 12.7. The fraction of sp³-hybridized carbons (Fsp3) is 0.350. The standard InChI is InChI=1S/C20H21FN4O/c1-14-10-17(4-7-22-14)26-12-15-5-8-25(9-6-15)20-18-11-16(21)2-3-19(18)23-13-24-20/h2-4,7,10-11,13,15H,5-6,8-9,12H2,1H3. The Balaban J connectivity index is 1.40. The van der Waals surface area contributed by atoms with Crippen LogP contribution in [0.1, 0.15) is 18.5 Å². The Morgan fingerprint density at radius 1 is 1.12 bits per heavy atom. The van der Waals surface area contributed by atoms with Gasteiger partial charge in [0, 0.05) is 36.4 Å². The van der Waals surface area contributed by atoms with Gasteiger partial charge in [0.1, 0.15) is 23.7 Å². The highest BCUT2D eigenvalue weighted by molar-refractivity contribution is 5.89. The lowest BCUT2D eigenvalue weighted by Crippen LogP contribution is -2.36.